The van der Waals surface area contributed by atoms with Gasteiger partial charge in [-0.2, -0.15) is 0 Å². The fourth-order valence-electron chi connectivity index (χ4n) is 4.11. The zero-order valence-electron chi connectivity index (χ0n) is 16.7. The van der Waals surface area contributed by atoms with Crippen molar-refractivity contribution in [1.29, 1.82) is 0 Å². The third kappa shape index (κ3) is 2.96. The molecular formula is C19H18N5O7P. The number of phosphoric acid groups is 1. The third-order valence-electron chi connectivity index (χ3n) is 5.74. The van der Waals surface area contributed by atoms with Crippen LogP contribution in [0.15, 0.2) is 41.6 Å². The molecule has 2 fully saturated rings. The number of aryl methyl sites for hydroxylation is 1. The number of benzene rings is 1. The summed E-state index contributed by atoms with van der Waals surface area (Å²) in [6.45, 7) is 1.78. The second kappa shape index (κ2) is 6.82. The average molecular weight is 459 g/mol. The van der Waals surface area contributed by atoms with Crippen LogP contribution in [0.25, 0.3) is 28.2 Å². The molecule has 3 aromatic heterocycles. The Kier molecular flexibility index (Phi) is 4.22. The Morgan fingerprint density at radius 2 is 2.06 bits per heavy atom. The first-order valence-electron chi connectivity index (χ1n) is 9.85. The van der Waals surface area contributed by atoms with Crippen molar-refractivity contribution in [2.75, 3.05) is 6.61 Å². The first-order chi connectivity index (χ1) is 15.3. The quantitative estimate of drug-likeness (QED) is 0.374. The van der Waals surface area contributed by atoms with Gasteiger partial charge < -0.3 is 19.7 Å². The largest absolute Gasteiger partial charge is 0.472 e. The summed E-state index contributed by atoms with van der Waals surface area (Å²) in [4.78, 5) is 34.4. The van der Waals surface area contributed by atoms with E-state index in [2.05, 4.69) is 15.0 Å². The third-order valence-corrected chi connectivity index (χ3v) is 6.72. The molecule has 2 aliphatic heterocycles. The number of fused-ring (bicyclic) bond motifs is 3. The minimum Gasteiger partial charge on any atom is -0.386 e. The van der Waals surface area contributed by atoms with Gasteiger partial charge in [0.1, 0.15) is 24.0 Å². The molecule has 1 aromatic carbocycles. The van der Waals surface area contributed by atoms with E-state index < -0.39 is 32.4 Å². The number of aliphatic hydroxyl groups is 1. The standard InChI is InChI=1S/C19H18N5O7P/c1-9-2-4-10(5-3-9)11-6-23-17(26)13-16(22-19(23)21-11)24(8-20-13)18-14(25)15-12(30-18)7-29-32(27,28)31-15/h2-6,8,12,14-15,18,25H,7H2,1H3,(H,21,22)(H,27,28)/t12-,14-,15-,18-/m1/s1. The molecule has 1 unspecified atom stereocenters. The van der Waals surface area contributed by atoms with Crippen LogP contribution >= 0.6 is 7.82 Å². The van der Waals surface area contributed by atoms with Crippen molar-refractivity contribution in [2.24, 2.45) is 0 Å². The number of hydrogen-bond donors (Lipinski definition) is 3. The van der Waals surface area contributed by atoms with Gasteiger partial charge in [0.05, 0.1) is 18.6 Å². The summed E-state index contributed by atoms with van der Waals surface area (Å²) in [5.41, 5.74) is 2.62. The lowest BCUT2D eigenvalue weighted by Crippen LogP contribution is -2.39. The zero-order chi connectivity index (χ0) is 22.2. The Morgan fingerprint density at radius 3 is 2.84 bits per heavy atom. The highest BCUT2D eigenvalue weighted by Gasteiger charge is 2.52. The summed E-state index contributed by atoms with van der Waals surface area (Å²) in [6, 6.07) is 7.77. The van der Waals surface area contributed by atoms with Crippen molar-refractivity contribution in [3.8, 4) is 11.3 Å². The Morgan fingerprint density at radius 1 is 1.28 bits per heavy atom. The van der Waals surface area contributed by atoms with E-state index in [9.17, 15) is 19.4 Å². The van der Waals surface area contributed by atoms with Crippen LogP contribution in [0.2, 0.25) is 0 Å². The molecule has 0 spiro atoms. The maximum Gasteiger partial charge on any atom is 0.472 e. The maximum atomic E-state index is 13.0. The molecule has 0 radical (unpaired) electrons. The number of rotatable bonds is 2. The predicted octanol–water partition coefficient (Wildman–Crippen LogP) is 1.12. The van der Waals surface area contributed by atoms with Crippen LogP contribution in [0.1, 0.15) is 11.8 Å². The van der Waals surface area contributed by atoms with Gasteiger partial charge in [0.25, 0.3) is 5.56 Å². The highest BCUT2D eigenvalue weighted by molar-refractivity contribution is 7.47. The molecule has 5 atom stereocenters. The fraction of sp³-hybridized carbons (Fsp3) is 0.316. The van der Waals surface area contributed by atoms with Crippen molar-refractivity contribution in [3.63, 3.8) is 0 Å². The Hall–Kier alpha value is -2.86. The van der Waals surface area contributed by atoms with E-state index in [0.29, 0.717) is 17.1 Å². The Bertz CT molecular complexity index is 1460. The maximum absolute atomic E-state index is 13.0. The molecule has 4 aromatic rings. The van der Waals surface area contributed by atoms with Crippen molar-refractivity contribution < 1.29 is 28.3 Å². The number of aromatic amines is 1. The summed E-state index contributed by atoms with van der Waals surface area (Å²) in [5.74, 6) is 0.296. The van der Waals surface area contributed by atoms with Crippen molar-refractivity contribution in [2.45, 2.75) is 31.5 Å². The van der Waals surface area contributed by atoms with Gasteiger partial charge in [0.15, 0.2) is 11.7 Å². The summed E-state index contributed by atoms with van der Waals surface area (Å²) in [5, 5.41) is 10.7. The number of aromatic nitrogens is 5. The highest BCUT2D eigenvalue weighted by Crippen LogP contribution is 2.52. The molecule has 0 saturated carbocycles. The van der Waals surface area contributed by atoms with Crippen molar-refractivity contribution in [1.82, 2.24) is 23.9 Å². The Labute approximate surface area is 179 Å². The van der Waals surface area contributed by atoms with Gasteiger partial charge in [-0.05, 0) is 6.92 Å². The van der Waals surface area contributed by atoms with Crippen LogP contribution in [0.5, 0.6) is 0 Å². The van der Waals surface area contributed by atoms with Crippen LogP contribution in [-0.2, 0) is 18.3 Å². The van der Waals surface area contributed by atoms with E-state index in [1.807, 2.05) is 31.2 Å². The minimum absolute atomic E-state index is 0.126. The molecule has 12 nitrogen and oxygen atoms in total. The lowest BCUT2D eigenvalue weighted by Gasteiger charge is -2.27. The lowest BCUT2D eigenvalue weighted by molar-refractivity contribution is -0.0664. The average Bonchev–Trinajstić information content (AvgIpc) is 3.45. The molecule has 2 saturated heterocycles. The number of phosphoric ester groups is 1. The number of H-pyrrole nitrogens is 1. The molecule has 0 bridgehead atoms. The van der Waals surface area contributed by atoms with Crippen LogP contribution in [0.4, 0.5) is 0 Å². The van der Waals surface area contributed by atoms with E-state index in [-0.39, 0.29) is 17.7 Å². The second-order valence-electron chi connectivity index (χ2n) is 7.86. The summed E-state index contributed by atoms with van der Waals surface area (Å²) in [7, 11) is -4.25. The summed E-state index contributed by atoms with van der Waals surface area (Å²) < 4.78 is 30.1. The van der Waals surface area contributed by atoms with Crippen molar-refractivity contribution >= 4 is 24.8 Å². The van der Waals surface area contributed by atoms with Crippen LogP contribution in [0, 0.1) is 6.92 Å². The van der Waals surface area contributed by atoms with Crippen molar-refractivity contribution in [3.05, 3.63) is 52.7 Å². The van der Waals surface area contributed by atoms with E-state index in [4.69, 9.17) is 13.8 Å². The number of nitrogens with zero attached hydrogens (tertiary/aromatic N) is 4. The number of ether oxygens (including phenoxy) is 1. The number of aliphatic hydroxyl groups excluding tert-OH is 1. The molecule has 0 aliphatic carbocycles. The normalized spacial score (nSPS) is 30.2. The first kappa shape index (κ1) is 19.8. The molecule has 13 heteroatoms. The zero-order valence-corrected chi connectivity index (χ0v) is 17.5. The molecule has 6 rings (SSSR count). The molecule has 32 heavy (non-hydrogen) atoms. The topological polar surface area (TPSA) is 153 Å². The van der Waals surface area contributed by atoms with Crippen LogP contribution in [-0.4, -0.2) is 58.8 Å². The van der Waals surface area contributed by atoms with Gasteiger partial charge in [0, 0.05) is 11.8 Å². The minimum atomic E-state index is -4.25. The number of nitrogens with one attached hydrogen (secondary N) is 1. The summed E-state index contributed by atoms with van der Waals surface area (Å²) in [6.07, 6.45) is -1.12. The molecular weight excluding hydrogens is 441 g/mol. The smallest absolute Gasteiger partial charge is 0.386 e. The summed E-state index contributed by atoms with van der Waals surface area (Å²) >= 11 is 0. The SMILES string of the molecule is Cc1ccc(-c2cn3c(=O)c4ncn([C@@H]5O[C@@H]6COP(=O)(O)O[C@H]6[C@H]5O)c4[nH]c3n2)cc1. The first-order valence-corrected chi connectivity index (χ1v) is 11.3. The molecule has 3 N–H and O–H groups in total. The Balaban J connectivity index is 1.43. The van der Waals surface area contributed by atoms with E-state index in [1.165, 1.54) is 15.3 Å². The molecule has 2 aliphatic rings. The molecule has 166 valence electrons. The van der Waals surface area contributed by atoms with Gasteiger partial charge in [0.2, 0.25) is 5.78 Å². The van der Waals surface area contributed by atoms with E-state index >= 15 is 0 Å². The second-order valence-corrected chi connectivity index (χ2v) is 9.26. The van der Waals surface area contributed by atoms with Crippen LogP contribution in [0.3, 0.4) is 0 Å². The van der Waals surface area contributed by atoms with Gasteiger partial charge in [-0.1, -0.05) is 29.8 Å². The molecule has 5 heterocycles. The monoisotopic (exact) mass is 459 g/mol. The van der Waals surface area contributed by atoms with Gasteiger partial charge in [-0.3, -0.25) is 18.4 Å². The van der Waals surface area contributed by atoms with Gasteiger partial charge in [-0.15, -0.1) is 0 Å². The van der Waals surface area contributed by atoms with E-state index in [1.54, 1.807) is 6.20 Å². The fourth-order valence-corrected chi connectivity index (χ4v) is 5.07. The number of imidazole rings is 2. The van der Waals surface area contributed by atoms with Gasteiger partial charge >= 0.3 is 7.82 Å². The number of hydrogen-bond acceptors (Lipinski definition) is 8. The highest BCUT2D eigenvalue weighted by atomic mass is 31.2. The lowest BCUT2D eigenvalue weighted by atomic mass is 10.1. The predicted molar refractivity (Wildman–Crippen MR) is 110 cm³/mol. The van der Waals surface area contributed by atoms with E-state index in [0.717, 1.165) is 11.1 Å². The molecule has 0 amide bonds. The van der Waals surface area contributed by atoms with Crippen LogP contribution < -0.4 is 5.56 Å². The van der Waals surface area contributed by atoms with Gasteiger partial charge in [-0.25, -0.2) is 18.9 Å².